The summed E-state index contributed by atoms with van der Waals surface area (Å²) in [5, 5.41) is 10.3. The minimum atomic E-state index is -4.19. The summed E-state index contributed by atoms with van der Waals surface area (Å²) in [6.45, 7) is 0. The second-order valence-electron chi connectivity index (χ2n) is 4.90. The highest BCUT2D eigenvalue weighted by Crippen LogP contribution is 2.26. The van der Waals surface area contributed by atoms with Gasteiger partial charge in [0.15, 0.2) is 0 Å². The van der Waals surface area contributed by atoms with Gasteiger partial charge in [0.25, 0.3) is 5.69 Å². The number of nitrogens with zero attached hydrogens (tertiary/aromatic N) is 1. The van der Waals surface area contributed by atoms with E-state index in [1.807, 2.05) is 0 Å². The molecule has 0 heterocycles. The fraction of sp³-hybridized carbons (Fsp3) is 0.500. The number of non-ortho nitro benzene ring substituents is 1. The average Bonchev–Trinajstić information content (AvgIpc) is 2.41. The van der Waals surface area contributed by atoms with Gasteiger partial charge >= 0.3 is 0 Å². The van der Waals surface area contributed by atoms with Gasteiger partial charge in [-0.2, -0.15) is 0 Å². The van der Waals surface area contributed by atoms with E-state index < -0.39 is 37.4 Å². The molecule has 1 saturated carbocycles. The van der Waals surface area contributed by atoms with Gasteiger partial charge < -0.3 is 0 Å². The van der Waals surface area contributed by atoms with Crippen molar-refractivity contribution in [3.8, 4) is 0 Å². The van der Waals surface area contributed by atoms with Crippen LogP contribution in [0.15, 0.2) is 23.1 Å². The second kappa shape index (κ2) is 6.25. The predicted molar refractivity (Wildman–Crippen MR) is 75.3 cm³/mol. The van der Waals surface area contributed by atoms with Crippen molar-refractivity contribution in [3.05, 3.63) is 34.1 Å². The van der Waals surface area contributed by atoms with E-state index in [9.17, 15) is 22.9 Å². The van der Waals surface area contributed by atoms with Crippen LogP contribution in [0.4, 0.5) is 10.1 Å². The number of rotatable bonds is 4. The van der Waals surface area contributed by atoms with Crippen LogP contribution in [0.5, 0.6) is 0 Å². The Morgan fingerprint density at radius 3 is 2.62 bits per heavy atom. The lowest BCUT2D eigenvalue weighted by molar-refractivity contribution is -0.385. The van der Waals surface area contributed by atoms with Crippen molar-refractivity contribution in [2.45, 2.75) is 42.0 Å². The molecular formula is C12H14ClFN2O4S. The van der Waals surface area contributed by atoms with E-state index in [2.05, 4.69) is 4.72 Å². The smallest absolute Gasteiger partial charge is 0.258 e. The number of sulfonamides is 1. The Labute approximate surface area is 126 Å². The molecule has 2 unspecified atom stereocenters. The van der Waals surface area contributed by atoms with Gasteiger partial charge in [-0.25, -0.2) is 17.5 Å². The van der Waals surface area contributed by atoms with Crippen molar-refractivity contribution >= 4 is 27.3 Å². The topological polar surface area (TPSA) is 89.3 Å². The molecule has 0 saturated heterocycles. The molecule has 0 spiro atoms. The summed E-state index contributed by atoms with van der Waals surface area (Å²) in [5.41, 5.74) is -0.483. The van der Waals surface area contributed by atoms with Crippen LogP contribution < -0.4 is 4.72 Å². The van der Waals surface area contributed by atoms with Gasteiger partial charge in [-0.1, -0.05) is 12.8 Å². The zero-order valence-electron chi connectivity index (χ0n) is 11.0. The summed E-state index contributed by atoms with van der Waals surface area (Å²) < 4.78 is 40.5. The first kappa shape index (κ1) is 16.1. The number of halogens is 2. The molecule has 0 aromatic heterocycles. The first-order valence-corrected chi connectivity index (χ1v) is 8.33. The highest BCUT2D eigenvalue weighted by Gasteiger charge is 2.30. The largest absolute Gasteiger partial charge is 0.270 e. The number of hydrogen-bond acceptors (Lipinski definition) is 4. The van der Waals surface area contributed by atoms with Gasteiger partial charge in [0.1, 0.15) is 10.7 Å². The molecule has 2 rings (SSSR count). The van der Waals surface area contributed by atoms with Gasteiger partial charge in [-0.05, 0) is 18.9 Å². The average molecular weight is 337 g/mol. The third kappa shape index (κ3) is 3.69. The summed E-state index contributed by atoms with van der Waals surface area (Å²) in [6.07, 6.45) is 2.97. The Morgan fingerprint density at radius 1 is 1.33 bits per heavy atom. The van der Waals surface area contributed by atoms with E-state index in [0.717, 1.165) is 25.0 Å². The van der Waals surface area contributed by atoms with Gasteiger partial charge in [0.2, 0.25) is 10.0 Å². The van der Waals surface area contributed by atoms with Crippen molar-refractivity contribution in [2.24, 2.45) is 0 Å². The van der Waals surface area contributed by atoms with Crippen molar-refractivity contribution in [1.29, 1.82) is 0 Å². The number of nitro benzene ring substituents is 1. The maximum atomic E-state index is 13.7. The SMILES string of the molecule is O=[N+]([O-])c1ccc(F)c(S(=O)(=O)NC2CCCCC2Cl)c1. The Hall–Kier alpha value is -1.25. The molecule has 1 aliphatic carbocycles. The number of hydrogen-bond donors (Lipinski definition) is 1. The normalized spacial score (nSPS) is 23.0. The van der Waals surface area contributed by atoms with Crippen LogP contribution in [0.1, 0.15) is 25.7 Å². The zero-order valence-corrected chi connectivity index (χ0v) is 12.5. The van der Waals surface area contributed by atoms with E-state index in [0.29, 0.717) is 18.9 Å². The zero-order chi connectivity index (χ0) is 15.6. The van der Waals surface area contributed by atoms with Crippen LogP contribution in [-0.4, -0.2) is 24.8 Å². The molecule has 1 aliphatic rings. The van der Waals surface area contributed by atoms with Crippen molar-refractivity contribution in [3.63, 3.8) is 0 Å². The first-order valence-electron chi connectivity index (χ1n) is 6.41. The van der Waals surface area contributed by atoms with E-state index >= 15 is 0 Å². The van der Waals surface area contributed by atoms with Crippen molar-refractivity contribution in [2.75, 3.05) is 0 Å². The van der Waals surface area contributed by atoms with E-state index in [-0.39, 0.29) is 5.38 Å². The fourth-order valence-electron chi connectivity index (χ4n) is 2.29. The third-order valence-corrected chi connectivity index (χ3v) is 5.43. The monoisotopic (exact) mass is 336 g/mol. The second-order valence-corrected chi connectivity index (χ2v) is 7.14. The first-order chi connectivity index (χ1) is 9.81. The molecule has 21 heavy (non-hydrogen) atoms. The van der Waals surface area contributed by atoms with Gasteiger partial charge in [-0.3, -0.25) is 10.1 Å². The summed E-state index contributed by atoms with van der Waals surface area (Å²) >= 11 is 6.07. The number of alkyl halides is 1. The molecule has 6 nitrogen and oxygen atoms in total. The highest BCUT2D eigenvalue weighted by atomic mass is 35.5. The lowest BCUT2D eigenvalue weighted by Crippen LogP contribution is -2.42. The summed E-state index contributed by atoms with van der Waals surface area (Å²) in [4.78, 5) is 9.18. The van der Waals surface area contributed by atoms with Gasteiger partial charge in [0.05, 0.1) is 4.92 Å². The summed E-state index contributed by atoms with van der Waals surface area (Å²) in [6, 6.07) is 1.90. The summed E-state index contributed by atoms with van der Waals surface area (Å²) in [5.74, 6) is -1.03. The molecule has 1 aromatic carbocycles. The molecule has 9 heteroatoms. The Morgan fingerprint density at radius 2 is 2.00 bits per heavy atom. The van der Waals surface area contributed by atoms with E-state index in [1.54, 1.807) is 0 Å². The van der Waals surface area contributed by atoms with Crippen LogP contribution in [0, 0.1) is 15.9 Å². The minimum Gasteiger partial charge on any atom is -0.258 e. The molecular weight excluding hydrogens is 323 g/mol. The molecule has 1 N–H and O–H groups in total. The lowest BCUT2D eigenvalue weighted by atomic mass is 9.96. The fourth-order valence-corrected chi connectivity index (χ4v) is 4.12. The molecule has 2 atom stereocenters. The molecule has 0 radical (unpaired) electrons. The Kier molecular flexibility index (Phi) is 4.80. The Bertz CT molecular complexity index is 653. The van der Waals surface area contributed by atoms with Crippen LogP contribution in [-0.2, 0) is 10.0 Å². The maximum Gasteiger partial charge on any atom is 0.270 e. The molecule has 0 bridgehead atoms. The predicted octanol–water partition coefficient (Wildman–Crippen LogP) is 2.56. The quantitative estimate of drug-likeness (QED) is 0.520. The maximum absolute atomic E-state index is 13.7. The third-order valence-electron chi connectivity index (χ3n) is 3.40. The highest BCUT2D eigenvalue weighted by molar-refractivity contribution is 7.89. The van der Waals surface area contributed by atoms with Gasteiger partial charge in [-0.15, -0.1) is 11.6 Å². The number of nitro groups is 1. The number of nitrogens with one attached hydrogen (secondary N) is 1. The lowest BCUT2D eigenvalue weighted by Gasteiger charge is -2.27. The molecule has 0 aliphatic heterocycles. The molecule has 116 valence electrons. The molecule has 1 aromatic rings. The van der Waals surface area contributed by atoms with Crippen LogP contribution in [0.2, 0.25) is 0 Å². The Balaban J connectivity index is 2.30. The van der Waals surface area contributed by atoms with E-state index in [4.69, 9.17) is 11.6 Å². The van der Waals surface area contributed by atoms with Crippen molar-refractivity contribution in [1.82, 2.24) is 4.72 Å². The van der Waals surface area contributed by atoms with E-state index in [1.165, 1.54) is 0 Å². The number of benzene rings is 1. The van der Waals surface area contributed by atoms with Crippen LogP contribution in [0.3, 0.4) is 0 Å². The molecule has 1 fully saturated rings. The van der Waals surface area contributed by atoms with Gasteiger partial charge in [0, 0.05) is 23.6 Å². The standard InChI is InChI=1S/C12H14ClFN2O4S/c13-9-3-1-2-4-11(9)15-21(19,20)12-7-8(16(17)18)5-6-10(12)14/h5-7,9,11,15H,1-4H2. The minimum absolute atomic E-state index is 0.365. The van der Waals surface area contributed by atoms with Crippen LogP contribution in [0.25, 0.3) is 0 Å². The summed E-state index contributed by atoms with van der Waals surface area (Å²) in [7, 11) is -4.19. The van der Waals surface area contributed by atoms with Crippen molar-refractivity contribution < 1.29 is 17.7 Å². The van der Waals surface area contributed by atoms with Crippen LogP contribution >= 0.6 is 11.6 Å². The molecule has 0 amide bonds.